The lowest BCUT2D eigenvalue weighted by atomic mass is 10.4. The molecule has 1 N–H and O–H groups in total. The van der Waals surface area contributed by atoms with E-state index in [1.807, 2.05) is 26.0 Å². The van der Waals surface area contributed by atoms with Gasteiger partial charge in [-0.2, -0.15) is 0 Å². The van der Waals surface area contributed by atoms with Crippen LogP contribution in [0.3, 0.4) is 0 Å². The van der Waals surface area contributed by atoms with Gasteiger partial charge in [0.1, 0.15) is 12.3 Å². The van der Waals surface area contributed by atoms with Crippen molar-refractivity contribution < 1.29 is 13.9 Å². The van der Waals surface area contributed by atoms with Gasteiger partial charge in [0.05, 0.1) is 18.1 Å². The average Bonchev–Trinajstić information content (AvgIpc) is 3.17. The van der Waals surface area contributed by atoms with Crippen molar-refractivity contribution in [3.05, 3.63) is 24.2 Å². The van der Waals surface area contributed by atoms with Crippen molar-refractivity contribution in [2.24, 2.45) is 0 Å². The summed E-state index contributed by atoms with van der Waals surface area (Å²) in [5, 5.41) is 14.9. The van der Waals surface area contributed by atoms with Gasteiger partial charge in [0, 0.05) is 13.2 Å². The number of nitrogens with zero attached hydrogens (tertiary/aromatic N) is 4. The highest BCUT2D eigenvalue weighted by molar-refractivity contribution is 7.99. The maximum atomic E-state index is 11.8. The number of nitrogens with one attached hydrogen (secondary N) is 1. The largest absolute Gasteiger partial charge is 0.467 e. The van der Waals surface area contributed by atoms with Gasteiger partial charge in [0.25, 0.3) is 0 Å². The predicted octanol–water partition coefficient (Wildman–Crippen LogP) is 1.34. The number of furan rings is 1. The molecule has 126 valence electrons. The number of carbonyl (C=O) groups is 1. The van der Waals surface area contributed by atoms with Crippen LogP contribution in [0.5, 0.6) is 0 Å². The number of tetrazole rings is 1. The second-order valence-corrected chi connectivity index (χ2v) is 6.05. The molecule has 2 aromatic heterocycles. The molecule has 1 amide bonds. The second-order valence-electron chi connectivity index (χ2n) is 5.11. The Morgan fingerprint density at radius 1 is 1.52 bits per heavy atom. The normalized spacial score (nSPS) is 11.1. The molecule has 2 aromatic rings. The van der Waals surface area contributed by atoms with Crippen LogP contribution < -0.4 is 5.32 Å². The Labute approximate surface area is 138 Å². The van der Waals surface area contributed by atoms with Crippen LogP contribution in [-0.2, 0) is 16.1 Å². The fourth-order valence-corrected chi connectivity index (χ4v) is 2.46. The second kappa shape index (κ2) is 9.31. The van der Waals surface area contributed by atoms with Gasteiger partial charge in [0.15, 0.2) is 0 Å². The molecular weight excluding hydrogens is 318 g/mol. The molecule has 0 aromatic carbocycles. The predicted molar refractivity (Wildman–Crippen MR) is 85.1 cm³/mol. The van der Waals surface area contributed by atoms with Crippen molar-refractivity contribution in [2.75, 3.05) is 18.9 Å². The van der Waals surface area contributed by atoms with E-state index in [4.69, 9.17) is 9.15 Å². The molecule has 8 nitrogen and oxygen atoms in total. The SMILES string of the molecule is CC(C)OCCCNC(=O)CSc1nnnn1Cc1ccco1. The molecule has 0 spiro atoms. The molecule has 0 aliphatic heterocycles. The third kappa shape index (κ3) is 6.41. The molecule has 0 fully saturated rings. The summed E-state index contributed by atoms with van der Waals surface area (Å²) in [7, 11) is 0. The zero-order valence-corrected chi connectivity index (χ0v) is 14.1. The van der Waals surface area contributed by atoms with E-state index in [9.17, 15) is 4.79 Å². The number of ether oxygens (including phenoxy) is 1. The van der Waals surface area contributed by atoms with Crippen LogP contribution in [0.1, 0.15) is 26.0 Å². The number of hydrogen-bond donors (Lipinski definition) is 1. The van der Waals surface area contributed by atoms with E-state index >= 15 is 0 Å². The lowest BCUT2D eigenvalue weighted by Gasteiger charge is -2.08. The summed E-state index contributed by atoms with van der Waals surface area (Å²) < 4.78 is 12.3. The van der Waals surface area contributed by atoms with Crippen molar-refractivity contribution in [1.82, 2.24) is 25.5 Å². The Hall–Kier alpha value is -1.87. The van der Waals surface area contributed by atoms with Crippen molar-refractivity contribution >= 4 is 17.7 Å². The van der Waals surface area contributed by atoms with Crippen LogP contribution in [0.2, 0.25) is 0 Å². The molecule has 0 aliphatic rings. The van der Waals surface area contributed by atoms with Crippen molar-refractivity contribution in [1.29, 1.82) is 0 Å². The minimum Gasteiger partial charge on any atom is -0.467 e. The summed E-state index contributed by atoms with van der Waals surface area (Å²) in [4.78, 5) is 11.8. The van der Waals surface area contributed by atoms with Gasteiger partial charge in [0.2, 0.25) is 11.1 Å². The molecule has 2 rings (SSSR count). The smallest absolute Gasteiger partial charge is 0.230 e. The highest BCUT2D eigenvalue weighted by Crippen LogP contribution is 2.14. The summed E-state index contributed by atoms with van der Waals surface area (Å²) in [6, 6.07) is 3.66. The minimum absolute atomic E-state index is 0.0490. The molecule has 0 radical (unpaired) electrons. The first-order valence-corrected chi connectivity index (χ1v) is 8.43. The molecule has 0 aliphatic carbocycles. The summed E-state index contributed by atoms with van der Waals surface area (Å²) in [6.45, 7) is 5.66. The average molecular weight is 339 g/mol. The van der Waals surface area contributed by atoms with E-state index in [2.05, 4.69) is 20.8 Å². The highest BCUT2D eigenvalue weighted by Gasteiger charge is 2.11. The molecule has 0 bridgehead atoms. The first-order valence-electron chi connectivity index (χ1n) is 7.45. The topological polar surface area (TPSA) is 95.1 Å². The maximum Gasteiger partial charge on any atom is 0.230 e. The van der Waals surface area contributed by atoms with Crippen molar-refractivity contribution in [2.45, 2.75) is 38.1 Å². The minimum atomic E-state index is -0.0490. The third-order valence-electron chi connectivity index (χ3n) is 2.81. The standard InChI is InChI=1S/C14H21N5O3S/c1-11(2)21-8-4-6-15-13(20)10-23-14-16-17-18-19(14)9-12-5-3-7-22-12/h3,5,7,11H,4,6,8-10H2,1-2H3,(H,15,20). The van der Waals surface area contributed by atoms with Crippen LogP contribution in [0.15, 0.2) is 28.0 Å². The summed E-state index contributed by atoms with van der Waals surface area (Å²) >= 11 is 1.29. The molecule has 2 heterocycles. The Morgan fingerprint density at radius 2 is 2.39 bits per heavy atom. The molecule has 0 saturated carbocycles. The highest BCUT2D eigenvalue weighted by atomic mass is 32.2. The van der Waals surface area contributed by atoms with E-state index in [0.29, 0.717) is 24.9 Å². The van der Waals surface area contributed by atoms with Gasteiger partial charge in [-0.1, -0.05) is 11.8 Å². The number of rotatable bonds is 10. The maximum absolute atomic E-state index is 11.8. The van der Waals surface area contributed by atoms with Crippen molar-refractivity contribution in [3.8, 4) is 0 Å². The van der Waals surface area contributed by atoms with Crippen LogP contribution in [0.4, 0.5) is 0 Å². The zero-order chi connectivity index (χ0) is 16.5. The van der Waals surface area contributed by atoms with E-state index in [1.165, 1.54) is 11.8 Å². The Balaban J connectivity index is 1.67. The molecule has 23 heavy (non-hydrogen) atoms. The Kier molecular flexibility index (Phi) is 7.08. The monoisotopic (exact) mass is 339 g/mol. The third-order valence-corrected chi connectivity index (χ3v) is 3.77. The quantitative estimate of drug-likeness (QED) is 0.515. The van der Waals surface area contributed by atoms with E-state index in [-0.39, 0.29) is 17.8 Å². The number of hydrogen-bond acceptors (Lipinski definition) is 7. The molecule has 9 heteroatoms. The zero-order valence-electron chi connectivity index (χ0n) is 13.3. The summed E-state index contributed by atoms with van der Waals surface area (Å²) in [5.74, 6) is 0.977. The van der Waals surface area contributed by atoms with Crippen LogP contribution in [0.25, 0.3) is 0 Å². The van der Waals surface area contributed by atoms with E-state index < -0.39 is 0 Å². The molecule has 0 saturated heterocycles. The van der Waals surface area contributed by atoms with Crippen LogP contribution in [0, 0.1) is 0 Å². The molecule has 0 unspecified atom stereocenters. The van der Waals surface area contributed by atoms with Crippen LogP contribution >= 0.6 is 11.8 Å². The first kappa shape index (κ1) is 17.5. The van der Waals surface area contributed by atoms with Gasteiger partial charge in [-0.15, -0.1) is 5.10 Å². The lowest BCUT2D eigenvalue weighted by molar-refractivity contribution is -0.118. The van der Waals surface area contributed by atoms with E-state index in [1.54, 1.807) is 10.9 Å². The number of thioether (sulfide) groups is 1. The summed E-state index contributed by atoms with van der Waals surface area (Å²) in [5.41, 5.74) is 0. The fourth-order valence-electron chi connectivity index (χ4n) is 1.75. The number of aromatic nitrogens is 4. The number of carbonyl (C=O) groups excluding carboxylic acids is 1. The summed E-state index contributed by atoms with van der Waals surface area (Å²) in [6.07, 6.45) is 2.61. The Bertz CT molecular complexity index is 585. The lowest BCUT2D eigenvalue weighted by Crippen LogP contribution is -2.27. The Morgan fingerprint density at radius 3 is 3.13 bits per heavy atom. The van der Waals surface area contributed by atoms with Crippen LogP contribution in [-0.4, -0.2) is 51.1 Å². The van der Waals surface area contributed by atoms with Gasteiger partial charge in [-0.3, -0.25) is 4.79 Å². The molecule has 0 atom stereocenters. The molecular formula is C14H21N5O3S. The van der Waals surface area contributed by atoms with Gasteiger partial charge < -0.3 is 14.5 Å². The van der Waals surface area contributed by atoms with E-state index in [0.717, 1.165) is 12.2 Å². The van der Waals surface area contributed by atoms with Gasteiger partial charge >= 0.3 is 0 Å². The van der Waals surface area contributed by atoms with Gasteiger partial charge in [-0.25, -0.2) is 4.68 Å². The first-order chi connectivity index (χ1) is 11.1. The fraction of sp³-hybridized carbons (Fsp3) is 0.571. The number of amides is 1. The van der Waals surface area contributed by atoms with Crippen molar-refractivity contribution in [3.63, 3.8) is 0 Å². The van der Waals surface area contributed by atoms with Gasteiger partial charge in [-0.05, 0) is 42.8 Å².